The molecular formula is C12H14N2O. The van der Waals surface area contributed by atoms with Gasteiger partial charge in [-0.25, -0.2) is 0 Å². The summed E-state index contributed by atoms with van der Waals surface area (Å²) >= 11 is 0. The number of nitrogens with one attached hydrogen (secondary N) is 1. The van der Waals surface area contributed by atoms with Gasteiger partial charge in [-0.15, -0.1) is 6.42 Å². The average molecular weight is 202 g/mol. The second-order valence-electron chi connectivity index (χ2n) is 3.33. The molecule has 0 radical (unpaired) electrons. The third-order valence-corrected chi connectivity index (χ3v) is 2.43. The Kier molecular flexibility index (Phi) is 3.35. The number of amides is 1. The van der Waals surface area contributed by atoms with Gasteiger partial charge in [0.25, 0.3) is 0 Å². The number of anilines is 1. The van der Waals surface area contributed by atoms with Gasteiger partial charge in [-0.2, -0.15) is 0 Å². The van der Waals surface area contributed by atoms with E-state index in [-0.39, 0.29) is 0 Å². The van der Waals surface area contributed by atoms with Gasteiger partial charge < -0.3 is 11.1 Å². The molecule has 0 heterocycles. The summed E-state index contributed by atoms with van der Waals surface area (Å²) in [7, 11) is 0. The molecule has 15 heavy (non-hydrogen) atoms. The average Bonchev–Trinajstić information content (AvgIpc) is 2.20. The lowest BCUT2D eigenvalue weighted by atomic mass is 10.0. The summed E-state index contributed by atoms with van der Waals surface area (Å²) in [5, 5.41) is 3.08. The minimum atomic E-state index is -0.404. The summed E-state index contributed by atoms with van der Waals surface area (Å²) in [5.41, 5.74) is 8.63. The van der Waals surface area contributed by atoms with E-state index in [9.17, 15) is 4.79 Å². The normalized spacial score (nSPS) is 9.40. The van der Waals surface area contributed by atoms with Crippen LogP contribution in [0.15, 0.2) is 12.1 Å². The van der Waals surface area contributed by atoms with Gasteiger partial charge in [-0.05, 0) is 37.1 Å². The van der Waals surface area contributed by atoms with Crippen LogP contribution in [-0.4, -0.2) is 12.5 Å². The minimum absolute atomic E-state index is 0.404. The zero-order valence-corrected chi connectivity index (χ0v) is 8.92. The predicted octanol–water partition coefficient (Wildman–Crippen LogP) is 1.45. The number of benzene rings is 1. The molecule has 1 aromatic carbocycles. The fourth-order valence-corrected chi connectivity index (χ4v) is 1.43. The number of terminal acetylenes is 1. The van der Waals surface area contributed by atoms with Gasteiger partial charge in [0.15, 0.2) is 0 Å². The molecule has 0 atom stereocenters. The van der Waals surface area contributed by atoms with Gasteiger partial charge in [-0.3, -0.25) is 4.79 Å². The molecule has 3 nitrogen and oxygen atoms in total. The van der Waals surface area contributed by atoms with E-state index in [0.717, 1.165) is 16.8 Å². The second-order valence-corrected chi connectivity index (χ2v) is 3.33. The molecule has 78 valence electrons. The van der Waals surface area contributed by atoms with Crippen LogP contribution in [0.2, 0.25) is 0 Å². The molecule has 3 heteroatoms. The van der Waals surface area contributed by atoms with Gasteiger partial charge in [0, 0.05) is 11.3 Å². The first-order chi connectivity index (χ1) is 7.07. The van der Waals surface area contributed by atoms with Crippen LogP contribution in [0.25, 0.3) is 0 Å². The molecule has 0 saturated heterocycles. The molecule has 0 bridgehead atoms. The lowest BCUT2D eigenvalue weighted by Gasteiger charge is -2.11. The lowest BCUT2D eigenvalue weighted by molar-refractivity contribution is 0.0999. The first-order valence-corrected chi connectivity index (χ1v) is 4.65. The van der Waals surface area contributed by atoms with E-state index in [4.69, 9.17) is 12.2 Å². The van der Waals surface area contributed by atoms with E-state index in [0.29, 0.717) is 12.1 Å². The summed E-state index contributed by atoms with van der Waals surface area (Å²) < 4.78 is 0. The zero-order valence-electron chi connectivity index (χ0n) is 8.92. The molecule has 0 saturated carbocycles. The summed E-state index contributed by atoms with van der Waals surface area (Å²) in [6, 6.07) is 3.53. The van der Waals surface area contributed by atoms with Crippen molar-refractivity contribution in [1.29, 1.82) is 0 Å². The molecule has 0 unspecified atom stereocenters. The van der Waals surface area contributed by atoms with Crippen molar-refractivity contribution in [3.63, 3.8) is 0 Å². The maximum atomic E-state index is 11.1. The monoisotopic (exact) mass is 202 g/mol. The number of carbonyl (C=O) groups is 1. The summed E-state index contributed by atoms with van der Waals surface area (Å²) in [6.45, 7) is 4.27. The van der Waals surface area contributed by atoms with Crippen LogP contribution in [0.5, 0.6) is 0 Å². The molecule has 0 aliphatic heterocycles. The highest BCUT2D eigenvalue weighted by molar-refractivity contribution is 5.95. The van der Waals surface area contributed by atoms with Crippen LogP contribution in [0.4, 0.5) is 5.69 Å². The Morgan fingerprint density at radius 1 is 1.47 bits per heavy atom. The van der Waals surface area contributed by atoms with E-state index in [1.165, 1.54) is 0 Å². The maximum Gasteiger partial charge on any atom is 0.248 e. The minimum Gasteiger partial charge on any atom is -0.374 e. The number of hydrogen-bond acceptors (Lipinski definition) is 2. The van der Waals surface area contributed by atoms with E-state index < -0.39 is 5.91 Å². The Labute approximate surface area is 89.7 Å². The highest BCUT2D eigenvalue weighted by Gasteiger charge is 2.09. The van der Waals surface area contributed by atoms with Crippen molar-refractivity contribution >= 4 is 11.6 Å². The Bertz CT molecular complexity index is 430. The highest BCUT2D eigenvalue weighted by atomic mass is 16.1. The fraction of sp³-hybridized carbons (Fsp3) is 0.250. The van der Waals surface area contributed by atoms with Crippen molar-refractivity contribution in [3.8, 4) is 12.3 Å². The lowest BCUT2D eigenvalue weighted by Crippen LogP contribution is -2.14. The van der Waals surface area contributed by atoms with Gasteiger partial charge in [-0.1, -0.05) is 5.92 Å². The number of carbonyl (C=O) groups excluding carboxylic acids is 1. The third kappa shape index (κ3) is 2.29. The summed E-state index contributed by atoms with van der Waals surface area (Å²) in [4.78, 5) is 11.1. The van der Waals surface area contributed by atoms with Gasteiger partial charge >= 0.3 is 0 Å². The van der Waals surface area contributed by atoms with Crippen LogP contribution in [0, 0.1) is 26.2 Å². The topological polar surface area (TPSA) is 55.1 Å². The molecule has 1 rings (SSSR count). The van der Waals surface area contributed by atoms with Gasteiger partial charge in [0.2, 0.25) is 5.91 Å². The van der Waals surface area contributed by atoms with Crippen molar-refractivity contribution in [2.24, 2.45) is 5.73 Å². The van der Waals surface area contributed by atoms with E-state index in [1.54, 1.807) is 6.07 Å². The third-order valence-electron chi connectivity index (χ3n) is 2.43. The molecule has 0 aliphatic carbocycles. The molecule has 1 aromatic rings. The first kappa shape index (κ1) is 11.1. The molecule has 3 N–H and O–H groups in total. The van der Waals surface area contributed by atoms with Crippen LogP contribution >= 0.6 is 0 Å². The van der Waals surface area contributed by atoms with Crippen LogP contribution in [0.3, 0.4) is 0 Å². The molecule has 1 amide bonds. The smallest absolute Gasteiger partial charge is 0.248 e. The Morgan fingerprint density at radius 3 is 2.67 bits per heavy atom. The van der Waals surface area contributed by atoms with Crippen molar-refractivity contribution in [2.75, 3.05) is 11.9 Å². The Hall–Kier alpha value is -1.95. The summed E-state index contributed by atoms with van der Waals surface area (Å²) in [5.74, 6) is 2.09. The molecule has 0 spiro atoms. The SMILES string of the molecule is C#CCNc1ccc(C(N)=O)c(C)c1C. The van der Waals surface area contributed by atoms with E-state index >= 15 is 0 Å². The number of hydrogen-bond donors (Lipinski definition) is 2. The van der Waals surface area contributed by atoms with Crippen molar-refractivity contribution in [1.82, 2.24) is 0 Å². The van der Waals surface area contributed by atoms with Crippen molar-refractivity contribution in [3.05, 3.63) is 28.8 Å². The molecule has 0 aromatic heterocycles. The predicted molar refractivity (Wildman–Crippen MR) is 61.8 cm³/mol. The molecule has 0 fully saturated rings. The first-order valence-electron chi connectivity index (χ1n) is 4.65. The van der Waals surface area contributed by atoms with Gasteiger partial charge in [0.1, 0.15) is 0 Å². The molecule has 0 aliphatic rings. The quantitative estimate of drug-likeness (QED) is 0.729. The number of nitrogens with two attached hydrogens (primary N) is 1. The second kappa shape index (κ2) is 4.52. The zero-order chi connectivity index (χ0) is 11.4. The largest absolute Gasteiger partial charge is 0.374 e. The van der Waals surface area contributed by atoms with Crippen LogP contribution < -0.4 is 11.1 Å². The number of rotatable bonds is 3. The number of primary amides is 1. The van der Waals surface area contributed by atoms with Crippen molar-refractivity contribution in [2.45, 2.75) is 13.8 Å². The maximum absolute atomic E-state index is 11.1. The Morgan fingerprint density at radius 2 is 2.13 bits per heavy atom. The van der Waals surface area contributed by atoms with Crippen LogP contribution in [0.1, 0.15) is 21.5 Å². The van der Waals surface area contributed by atoms with Gasteiger partial charge in [0.05, 0.1) is 6.54 Å². The van der Waals surface area contributed by atoms with Crippen molar-refractivity contribution < 1.29 is 4.79 Å². The summed E-state index contributed by atoms with van der Waals surface area (Å²) in [6.07, 6.45) is 5.16. The van der Waals surface area contributed by atoms with E-state index in [1.807, 2.05) is 19.9 Å². The highest BCUT2D eigenvalue weighted by Crippen LogP contribution is 2.21. The van der Waals surface area contributed by atoms with E-state index in [2.05, 4.69) is 11.2 Å². The Balaban J connectivity index is 3.11. The van der Waals surface area contributed by atoms with Crippen LogP contribution in [-0.2, 0) is 0 Å². The standard InChI is InChI=1S/C12H14N2O/c1-4-7-14-11-6-5-10(12(13)15)8(2)9(11)3/h1,5-6,14H,7H2,2-3H3,(H2,13,15). The molecular weight excluding hydrogens is 188 g/mol. The fourth-order valence-electron chi connectivity index (χ4n) is 1.43.